The number of ether oxygens (including phenoxy) is 1. The maximum Gasteiger partial charge on any atom is 0.119 e. The van der Waals surface area contributed by atoms with E-state index in [9.17, 15) is 0 Å². The van der Waals surface area contributed by atoms with Gasteiger partial charge in [0.2, 0.25) is 0 Å². The Kier molecular flexibility index (Phi) is 4.40. The first kappa shape index (κ1) is 12.4. The minimum absolute atomic E-state index is 0.733. The second-order valence-corrected chi connectivity index (χ2v) is 4.62. The highest BCUT2D eigenvalue weighted by Crippen LogP contribution is 2.13. The van der Waals surface area contributed by atoms with E-state index in [-0.39, 0.29) is 0 Å². The first-order valence-corrected chi connectivity index (χ1v) is 6.42. The predicted molar refractivity (Wildman–Crippen MR) is 70.6 cm³/mol. The molecule has 1 fully saturated rings. The van der Waals surface area contributed by atoms with Crippen LogP contribution in [0.5, 0.6) is 5.75 Å². The first-order chi connectivity index (χ1) is 8.29. The van der Waals surface area contributed by atoms with Crippen molar-refractivity contribution in [3.05, 3.63) is 29.8 Å². The van der Waals surface area contributed by atoms with Gasteiger partial charge in [-0.05, 0) is 38.1 Å². The maximum absolute atomic E-state index is 5.43. The van der Waals surface area contributed by atoms with Gasteiger partial charge in [0.15, 0.2) is 0 Å². The van der Waals surface area contributed by atoms with Crippen molar-refractivity contribution in [1.29, 1.82) is 0 Å². The molecule has 1 aliphatic rings. The molecule has 3 nitrogen and oxygen atoms in total. The van der Waals surface area contributed by atoms with E-state index in [0.29, 0.717) is 0 Å². The van der Waals surface area contributed by atoms with Gasteiger partial charge >= 0.3 is 0 Å². The quantitative estimate of drug-likeness (QED) is 0.808. The standard InChI is InChI=1S/C14H22N2O/c1-3-17-14-6-4-12(5-7-14)8-9-16(2)13-10-15-11-13/h4-7,13,15H,3,8-11H2,1-2H3. The molecule has 1 aliphatic heterocycles. The van der Waals surface area contributed by atoms with Gasteiger partial charge in [0.25, 0.3) is 0 Å². The molecule has 94 valence electrons. The second-order valence-electron chi connectivity index (χ2n) is 4.62. The van der Waals surface area contributed by atoms with E-state index < -0.39 is 0 Å². The summed E-state index contributed by atoms with van der Waals surface area (Å²) in [6.45, 7) is 6.15. The molecule has 0 saturated carbocycles. The van der Waals surface area contributed by atoms with Crippen LogP contribution in [0.2, 0.25) is 0 Å². The van der Waals surface area contributed by atoms with Crippen molar-refractivity contribution in [3.63, 3.8) is 0 Å². The number of nitrogens with zero attached hydrogens (tertiary/aromatic N) is 1. The third-order valence-corrected chi connectivity index (χ3v) is 3.37. The van der Waals surface area contributed by atoms with Crippen LogP contribution in [0, 0.1) is 0 Å². The lowest BCUT2D eigenvalue weighted by Crippen LogP contribution is -2.56. The Balaban J connectivity index is 1.77. The molecular formula is C14H22N2O. The third kappa shape index (κ3) is 3.45. The van der Waals surface area contributed by atoms with E-state index in [0.717, 1.165) is 44.5 Å². The molecule has 1 aromatic carbocycles. The lowest BCUT2D eigenvalue weighted by molar-refractivity contribution is 0.182. The maximum atomic E-state index is 5.43. The van der Waals surface area contributed by atoms with E-state index in [1.807, 2.05) is 6.92 Å². The minimum atomic E-state index is 0.733. The zero-order valence-electron chi connectivity index (χ0n) is 10.8. The van der Waals surface area contributed by atoms with E-state index in [1.54, 1.807) is 0 Å². The smallest absolute Gasteiger partial charge is 0.119 e. The SMILES string of the molecule is CCOc1ccc(CCN(C)C2CNC2)cc1. The van der Waals surface area contributed by atoms with Gasteiger partial charge in [0.05, 0.1) is 6.61 Å². The number of benzene rings is 1. The summed E-state index contributed by atoms with van der Waals surface area (Å²) in [7, 11) is 2.21. The number of nitrogens with one attached hydrogen (secondary N) is 1. The largest absolute Gasteiger partial charge is 0.494 e. The molecule has 0 spiro atoms. The molecular weight excluding hydrogens is 212 g/mol. The second kappa shape index (κ2) is 6.03. The molecule has 0 atom stereocenters. The van der Waals surface area contributed by atoms with Crippen molar-refractivity contribution < 1.29 is 4.74 Å². The average molecular weight is 234 g/mol. The van der Waals surface area contributed by atoms with E-state index in [1.165, 1.54) is 5.56 Å². The topological polar surface area (TPSA) is 24.5 Å². The van der Waals surface area contributed by atoms with Crippen molar-refractivity contribution in [1.82, 2.24) is 10.2 Å². The highest BCUT2D eigenvalue weighted by atomic mass is 16.5. The Bertz CT molecular complexity index is 333. The predicted octanol–water partition coefficient (Wildman–Crippen LogP) is 1.53. The molecule has 1 aromatic rings. The summed E-state index contributed by atoms with van der Waals surface area (Å²) < 4.78 is 5.43. The van der Waals surface area contributed by atoms with E-state index in [2.05, 4.69) is 41.5 Å². The Morgan fingerprint density at radius 3 is 2.53 bits per heavy atom. The van der Waals surface area contributed by atoms with Crippen LogP contribution in [0.15, 0.2) is 24.3 Å². The normalized spacial score (nSPS) is 15.9. The van der Waals surface area contributed by atoms with Crippen LogP contribution < -0.4 is 10.1 Å². The molecule has 17 heavy (non-hydrogen) atoms. The van der Waals surface area contributed by atoms with Crippen LogP contribution in [-0.4, -0.2) is 44.2 Å². The summed E-state index contributed by atoms with van der Waals surface area (Å²) in [5.41, 5.74) is 1.38. The van der Waals surface area contributed by atoms with Gasteiger partial charge in [0, 0.05) is 25.7 Å². The summed E-state index contributed by atoms with van der Waals surface area (Å²) in [5, 5.41) is 3.30. The van der Waals surface area contributed by atoms with Crippen molar-refractivity contribution >= 4 is 0 Å². The fourth-order valence-corrected chi connectivity index (χ4v) is 1.99. The minimum Gasteiger partial charge on any atom is -0.494 e. The first-order valence-electron chi connectivity index (χ1n) is 6.42. The molecule has 0 unspecified atom stereocenters. The van der Waals surface area contributed by atoms with Crippen LogP contribution >= 0.6 is 0 Å². The Hall–Kier alpha value is -1.06. The zero-order valence-corrected chi connectivity index (χ0v) is 10.8. The average Bonchev–Trinajstić information content (AvgIpc) is 2.26. The highest BCUT2D eigenvalue weighted by molar-refractivity contribution is 5.27. The van der Waals surface area contributed by atoms with Gasteiger partial charge in [-0.15, -0.1) is 0 Å². The molecule has 3 heteroatoms. The summed E-state index contributed by atoms with van der Waals surface area (Å²) in [5.74, 6) is 0.966. The van der Waals surface area contributed by atoms with Crippen LogP contribution in [-0.2, 0) is 6.42 Å². The van der Waals surface area contributed by atoms with Crippen molar-refractivity contribution in [2.45, 2.75) is 19.4 Å². The monoisotopic (exact) mass is 234 g/mol. The van der Waals surface area contributed by atoms with Crippen molar-refractivity contribution in [3.8, 4) is 5.75 Å². The molecule has 2 rings (SSSR count). The molecule has 0 aliphatic carbocycles. The van der Waals surface area contributed by atoms with Gasteiger partial charge in [-0.3, -0.25) is 0 Å². The lowest BCUT2D eigenvalue weighted by atomic mass is 10.1. The highest BCUT2D eigenvalue weighted by Gasteiger charge is 2.20. The summed E-state index contributed by atoms with van der Waals surface area (Å²) >= 11 is 0. The number of rotatable bonds is 6. The summed E-state index contributed by atoms with van der Waals surface area (Å²) in [6.07, 6.45) is 1.11. The molecule has 0 amide bonds. The third-order valence-electron chi connectivity index (χ3n) is 3.37. The van der Waals surface area contributed by atoms with Gasteiger partial charge in [-0.2, -0.15) is 0 Å². The number of hydrogen-bond acceptors (Lipinski definition) is 3. The van der Waals surface area contributed by atoms with Crippen molar-refractivity contribution in [2.24, 2.45) is 0 Å². The lowest BCUT2D eigenvalue weighted by Gasteiger charge is -2.35. The van der Waals surface area contributed by atoms with Gasteiger partial charge in [-0.25, -0.2) is 0 Å². The molecule has 1 saturated heterocycles. The number of likely N-dealkylation sites (N-methyl/N-ethyl adjacent to an activating group) is 1. The molecule has 0 radical (unpaired) electrons. The molecule has 0 bridgehead atoms. The van der Waals surface area contributed by atoms with Crippen LogP contribution in [0.25, 0.3) is 0 Å². The van der Waals surface area contributed by atoms with Gasteiger partial charge in [0.1, 0.15) is 5.75 Å². The summed E-state index contributed by atoms with van der Waals surface area (Å²) in [4.78, 5) is 2.44. The zero-order chi connectivity index (χ0) is 12.1. The Labute approximate surface area is 104 Å². The van der Waals surface area contributed by atoms with Gasteiger partial charge < -0.3 is 15.0 Å². The fourth-order valence-electron chi connectivity index (χ4n) is 1.99. The van der Waals surface area contributed by atoms with Crippen molar-refractivity contribution in [2.75, 3.05) is 33.3 Å². The van der Waals surface area contributed by atoms with Crippen LogP contribution in [0.1, 0.15) is 12.5 Å². The summed E-state index contributed by atoms with van der Waals surface area (Å²) in [6, 6.07) is 9.18. The Morgan fingerprint density at radius 1 is 1.29 bits per heavy atom. The van der Waals surface area contributed by atoms with E-state index in [4.69, 9.17) is 4.74 Å². The van der Waals surface area contributed by atoms with Crippen LogP contribution in [0.4, 0.5) is 0 Å². The van der Waals surface area contributed by atoms with Crippen LogP contribution in [0.3, 0.4) is 0 Å². The van der Waals surface area contributed by atoms with E-state index >= 15 is 0 Å². The molecule has 0 aromatic heterocycles. The molecule has 1 N–H and O–H groups in total. The van der Waals surface area contributed by atoms with Gasteiger partial charge in [-0.1, -0.05) is 12.1 Å². The molecule has 1 heterocycles. The number of hydrogen-bond donors (Lipinski definition) is 1. The fraction of sp³-hybridized carbons (Fsp3) is 0.571. The Morgan fingerprint density at radius 2 is 2.00 bits per heavy atom.